The lowest BCUT2D eigenvalue weighted by Gasteiger charge is -2.39. The summed E-state index contributed by atoms with van der Waals surface area (Å²) in [6.07, 6.45) is 3.51. The highest BCUT2D eigenvalue weighted by Crippen LogP contribution is 2.45. The predicted molar refractivity (Wildman–Crippen MR) is 149 cm³/mol. The first-order valence-corrected chi connectivity index (χ1v) is 14.5. The second-order valence-electron chi connectivity index (χ2n) is 12.0. The molecule has 0 radical (unpaired) electrons. The molecule has 1 aromatic rings. The van der Waals surface area contributed by atoms with Gasteiger partial charge in [0, 0.05) is 49.9 Å². The average Bonchev–Trinajstić information content (AvgIpc) is 3.45. The molecule has 3 fully saturated rings. The molecular formula is C30H46N4O4. The van der Waals surface area contributed by atoms with Gasteiger partial charge in [0.1, 0.15) is 12.6 Å². The summed E-state index contributed by atoms with van der Waals surface area (Å²) < 4.78 is 5.89. The number of rotatable bonds is 10. The van der Waals surface area contributed by atoms with Crippen LogP contribution < -0.4 is 10.6 Å². The van der Waals surface area contributed by atoms with Crippen LogP contribution in [0.1, 0.15) is 82.1 Å². The minimum absolute atomic E-state index is 0.0242. The Kier molecular flexibility index (Phi) is 8.82. The van der Waals surface area contributed by atoms with Crippen molar-refractivity contribution in [1.82, 2.24) is 9.80 Å². The number of anilines is 1. The van der Waals surface area contributed by atoms with E-state index in [4.69, 9.17) is 10.5 Å². The molecule has 3 saturated heterocycles. The van der Waals surface area contributed by atoms with Gasteiger partial charge in [0.2, 0.25) is 11.8 Å². The van der Waals surface area contributed by atoms with E-state index in [2.05, 4.69) is 44.4 Å². The van der Waals surface area contributed by atoms with Crippen LogP contribution in [0.15, 0.2) is 18.2 Å². The summed E-state index contributed by atoms with van der Waals surface area (Å²) >= 11 is 0. The number of nitrogens with zero attached hydrogens (tertiary/aromatic N) is 3. The van der Waals surface area contributed by atoms with Gasteiger partial charge in [0.25, 0.3) is 0 Å². The second-order valence-corrected chi connectivity index (χ2v) is 12.0. The molecule has 8 nitrogen and oxygen atoms in total. The van der Waals surface area contributed by atoms with Crippen molar-refractivity contribution in [2.45, 2.75) is 78.4 Å². The summed E-state index contributed by atoms with van der Waals surface area (Å²) in [6, 6.07) is 5.21. The molecule has 4 rings (SSSR count). The molecule has 0 aromatic heterocycles. The average molecular weight is 527 g/mol. The second kappa shape index (κ2) is 11.7. The maximum absolute atomic E-state index is 14.5. The molecule has 0 unspecified atom stereocenters. The van der Waals surface area contributed by atoms with Crippen molar-refractivity contribution >= 4 is 23.3 Å². The molecule has 38 heavy (non-hydrogen) atoms. The van der Waals surface area contributed by atoms with Gasteiger partial charge < -0.3 is 20.3 Å². The third-order valence-corrected chi connectivity index (χ3v) is 9.06. The minimum Gasteiger partial charge on any atom is -0.369 e. The number of piperazine rings is 1. The largest absolute Gasteiger partial charge is 0.369 e. The number of benzene rings is 1. The number of likely N-dealkylation sites (tertiary alicyclic amines) is 1. The van der Waals surface area contributed by atoms with Crippen molar-refractivity contribution in [2.24, 2.45) is 17.1 Å². The number of nitrogens with two attached hydrogens (primary N) is 1. The van der Waals surface area contributed by atoms with E-state index >= 15 is 0 Å². The standard InChI is InChI=1S/C30H46N4O4/c1-6-9-20-18-34(26-24(35)19-38-27(20)26)29(37)25(30(4,5)8-3)23-17-21(10-11-22(23)28(31)36)33-15-13-32(12-7-2)14-16-33/h10-11,17,20,25-27H,6-9,12-16,18-19H2,1-5H3,(H2,31,36)/t20-,25+,26-,27-/m1/s1. The van der Waals surface area contributed by atoms with E-state index in [1.54, 1.807) is 11.0 Å². The maximum atomic E-state index is 14.5. The fourth-order valence-electron chi connectivity index (χ4n) is 6.62. The first-order valence-electron chi connectivity index (χ1n) is 14.5. The number of carbonyl (C=O) groups is 3. The molecule has 0 aliphatic carbocycles. The Morgan fingerprint density at radius 3 is 2.42 bits per heavy atom. The molecule has 3 heterocycles. The molecule has 3 aliphatic rings. The van der Waals surface area contributed by atoms with Crippen molar-refractivity contribution in [3.63, 3.8) is 0 Å². The maximum Gasteiger partial charge on any atom is 0.249 e. The van der Waals surface area contributed by atoms with Crippen molar-refractivity contribution in [1.29, 1.82) is 0 Å². The Labute approximate surface area is 227 Å². The zero-order valence-corrected chi connectivity index (χ0v) is 23.9. The van der Waals surface area contributed by atoms with E-state index < -0.39 is 23.3 Å². The highest BCUT2D eigenvalue weighted by Gasteiger charge is 2.54. The zero-order valence-electron chi connectivity index (χ0n) is 23.9. The molecule has 210 valence electrons. The molecule has 2 amide bonds. The van der Waals surface area contributed by atoms with Crippen LogP contribution in [0.25, 0.3) is 0 Å². The summed E-state index contributed by atoms with van der Waals surface area (Å²) in [7, 11) is 0. The van der Waals surface area contributed by atoms with E-state index in [1.165, 1.54) is 0 Å². The third-order valence-electron chi connectivity index (χ3n) is 9.06. The van der Waals surface area contributed by atoms with Crippen LogP contribution in [0.3, 0.4) is 0 Å². The van der Waals surface area contributed by atoms with Crippen LogP contribution >= 0.6 is 0 Å². The molecule has 8 heteroatoms. The van der Waals surface area contributed by atoms with Crippen molar-refractivity contribution in [3.05, 3.63) is 29.3 Å². The molecule has 0 saturated carbocycles. The molecule has 3 aliphatic heterocycles. The molecular weight excluding hydrogens is 480 g/mol. The summed E-state index contributed by atoms with van der Waals surface area (Å²) in [6.45, 7) is 16.0. The van der Waals surface area contributed by atoms with Gasteiger partial charge >= 0.3 is 0 Å². The van der Waals surface area contributed by atoms with E-state index in [-0.39, 0.29) is 30.3 Å². The highest BCUT2D eigenvalue weighted by atomic mass is 16.5. The third kappa shape index (κ3) is 5.48. The summed E-state index contributed by atoms with van der Waals surface area (Å²) in [5.74, 6) is -1.12. The van der Waals surface area contributed by atoms with Crippen LogP contribution in [0.2, 0.25) is 0 Å². The van der Waals surface area contributed by atoms with E-state index in [1.807, 2.05) is 12.1 Å². The number of hydrogen-bond donors (Lipinski definition) is 1. The predicted octanol–water partition coefficient (Wildman–Crippen LogP) is 3.43. The van der Waals surface area contributed by atoms with Crippen molar-refractivity contribution < 1.29 is 19.1 Å². The first kappa shape index (κ1) is 28.6. The van der Waals surface area contributed by atoms with E-state index in [9.17, 15) is 14.4 Å². The SMILES string of the molecule is CCC[C@@H]1CN(C(=O)[C@H](c2cc(N3CCN(CCC)CC3)ccc2C(N)=O)C(C)(C)CC)[C@@H]2C(=O)CO[C@H]12. The van der Waals surface area contributed by atoms with Crippen LogP contribution in [-0.4, -0.2) is 85.4 Å². The Bertz CT molecular complexity index is 1030. The highest BCUT2D eigenvalue weighted by molar-refractivity contribution is 5.99. The smallest absolute Gasteiger partial charge is 0.249 e. The number of fused-ring (bicyclic) bond motifs is 1. The number of ketones is 1. The molecule has 1 aromatic carbocycles. The van der Waals surface area contributed by atoms with Crippen LogP contribution in [0, 0.1) is 11.3 Å². The van der Waals surface area contributed by atoms with Crippen molar-refractivity contribution in [2.75, 3.05) is 50.8 Å². The molecule has 4 atom stereocenters. The van der Waals surface area contributed by atoms with E-state index in [0.717, 1.165) is 64.1 Å². The number of amides is 2. The van der Waals surface area contributed by atoms with Crippen LogP contribution in [-0.2, 0) is 14.3 Å². The quantitative estimate of drug-likeness (QED) is 0.502. The Morgan fingerprint density at radius 2 is 1.82 bits per heavy atom. The monoisotopic (exact) mass is 526 g/mol. The lowest BCUT2D eigenvalue weighted by molar-refractivity contribution is -0.140. The van der Waals surface area contributed by atoms with Gasteiger partial charge in [-0.05, 0) is 55.0 Å². The van der Waals surface area contributed by atoms with Crippen molar-refractivity contribution in [3.8, 4) is 0 Å². The molecule has 0 bridgehead atoms. The van der Waals surface area contributed by atoms with Crippen LogP contribution in [0.5, 0.6) is 0 Å². The summed E-state index contributed by atoms with van der Waals surface area (Å²) in [5.41, 5.74) is 7.49. The van der Waals surface area contributed by atoms with Gasteiger partial charge in [-0.25, -0.2) is 0 Å². The summed E-state index contributed by atoms with van der Waals surface area (Å²) in [4.78, 5) is 46.6. The fraction of sp³-hybridized carbons (Fsp3) is 0.700. The zero-order chi connectivity index (χ0) is 27.6. The topological polar surface area (TPSA) is 96.2 Å². The Hall–Kier alpha value is -2.45. The van der Waals surface area contributed by atoms with Gasteiger partial charge in [0.15, 0.2) is 5.78 Å². The molecule has 2 N–H and O–H groups in total. The van der Waals surface area contributed by atoms with Gasteiger partial charge in [0.05, 0.1) is 12.0 Å². The van der Waals surface area contributed by atoms with Gasteiger partial charge in [-0.3, -0.25) is 19.3 Å². The Morgan fingerprint density at radius 1 is 1.11 bits per heavy atom. The van der Waals surface area contributed by atoms with Gasteiger partial charge in [-0.1, -0.05) is 41.0 Å². The number of Topliss-reactive ketones (excluding diaryl/α,β-unsaturated/α-hetero) is 1. The molecule has 0 spiro atoms. The number of hydrogen-bond acceptors (Lipinski definition) is 6. The lowest BCUT2D eigenvalue weighted by Crippen LogP contribution is -2.48. The fourth-order valence-corrected chi connectivity index (χ4v) is 6.62. The first-order chi connectivity index (χ1) is 18.1. The number of primary amides is 1. The minimum atomic E-state index is -0.606. The number of ether oxygens (including phenoxy) is 1. The Balaban J connectivity index is 1.72. The lowest BCUT2D eigenvalue weighted by atomic mass is 9.71. The number of carbonyl (C=O) groups excluding carboxylic acids is 3. The summed E-state index contributed by atoms with van der Waals surface area (Å²) in [5, 5.41) is 0. The van der Waals surface area contributed by atoms with Gasteiger partial charge in [-0.15, -0.1) is 0 Å². The van der Waals surface area contributed by atoms with E-state index in [0.29, 0.717) is 17.7 Å². The van der Waals surface area contributed by atoms with Crippen LogP contribution in [0.4, 0.5) is 5.69 Å². The normalized spacial score (nSPS) is 25.1. The van der Waals surface area contributed by atoms with Gasteiger partial charge in [-0.2, -0.15) is 0 Å².